The summed E-state index contributed by atoms with van der Waals surface area (Å²) in [6.45, 7) is 2.46. The van der Waals surface area contributed by atoms with Crippen LogP contribution in [0.2, 0.25) is 0 Å². The molecule has 0 radical (unpaired) electrons. The Bertz CT molecular complexity index is 902. The summed E-state index contributed by atoms with van der Waals surface area (Å²) in [6, 6.07) is 12.8. The molecule has 1 fully saturated rings. The summed E-state index contributed by atoms with van der Waals surface area (Å²) in [5, 5.41) is 2.54. The monoisotopic (exact) mass is 401 g/mol. The molecule has 1 unspecified atom stereocenters. The Balaban J connectivity index is 1.72. The number of aliphatic imine (C=N–C) groups is 1. The summed E-state index contributed by atoms with van der Waals surface area (Å²) in [5.74, 6) is -0.210. The average molecular weight is 401 g/mol. The van der Waals surface area contributed by atoms with Gasteiger partial charge in [0.1, 0.15) is 16.8 Å². The first-order valence-corrected chi connectivity index (χ1v) is 9.65. The van der Waals surface area contributed by atoms with Crippen molar-refractivity contribution in [1.82, 2.24) is 4.90 Å². The van der Waals surface area contributed by atoms with E-state index in [1.165, 1.54) is 28.8 Å². The number of nitrogens with zero attached hydrogens (tertiary/aromatic N) is 2. The molecule has 8 heteroatoms. The number of anilines is 1. The molecule has 0 spiro atoms. The molecule has 2 aromatic carbocycles. The third kappa shape index (κ3) is 4.89. The van der Waals surface area contributed by atoms with Crippen molar-refractivity contribution in [2.45, 2.75) is 18.6 Å². The number of amidine groups is 1. The van der Waals surface area contributed by atoms with Gasteiger partial charge in [0.2, 0.25) is 11.8 Å². The number of hydrogen-bond acceptors (Lipinski definition) is 5. The number of ether oxygens (including phenoxy) is 1. The molecular formula is C20H20FN3O3S. The molecule has 1 aliphatic rings. The Morgan fingerprint density at radius 3 is 2.75 bits per heavy atom. The van der Waals surface area contributed by atoms with Crippen molar-refractivity contribution in [3.63, 3.8) is 0 Å². The van der Waals surface area contributed by atoms with Crippen LogP contribution in [-0.4, -0.2) is 40.8 Å². The van der Waals surface area contributed by atoms with Crippen LogP contribution in [0.15, 0.2) is 53.5 Å². The highest BCUT2D eigenvalue weighted by atomic mass is 32.2. The summed E-state index contributed by atoms with van der Waals surface area (Å²) in [4.78, 5) is 30.7. The van der Waals surface area contributed by atoms with Gasteiger partial charge in [-0.3, -0.25) is 14.5 Å². The lowest BCUT2D eigenvalue weighted by Crippen LogP contribution is -2.43. The third-order valence-electron chi connectivity index (χ3n) is 4.03. The van der Waals surface area contributed by atoms with Crippen LogP contribution in [0.3, 0.4) is 0 Å². The van der Waals surface area contributed by atoms with Crippen LogP contribution in [-0.2, 0) is 9.59 Å². The van der Waals surface area contributed by atoms with Gasteiger partial charge in [-0.1, -0.05) is 17.8 Å². The molecular weight excluding hydrogens is 381 g/mol. The lowest BCUT2D eigenvalue weighted by Gasteiger charge is -2.28. The number of amides is 2. The molecule has 3 rings (SSSR count). The van der Waals surface area contributed by atoms with Gasteiger partial charge in [0.05, 0.1) is 12.3 Å². The quantitative estimate of drug-likeness (QED) is 0.827. The number of thioether (sulfide) groups is 1. The van der Waals surface area contributed by atoms with Crippen molar-refractivity contribution in [3.8, 4) is 5.75 Å². The van der Waals surface area contributed by atoms with Crippen molar-refractivity contribution < 1.29 is 18.7 Å². The van der Waals surface area contributed by atoms with E-state index in [0.29, 0.717) is 28.9 Å². The summed E-state index contributed by atoms with van der Waals surface area (Å²) < 4.78 is 18.8. The van der Waals surface area contributed by atoms with Gasteiger partial charge in [0.15, 0.2) is 5.17 Å². The Hall–Kier alpha value is -2.87. The Kier molecular flexibility index (Phi) is 6.30. The molecule has 0 bridgehead atoms. The molecule has 2 amide bonds. The van der Waals surface area contributed by atoms with E-state index < -0.39 is 11.1 Å². The minimum atomic E-state index is -0.623. The second-order valence-electron chi connectivity index (χ2n) is 6.08. The number of carbonyl (C=O) groups excluding carboxylic acids is 2. The fourth-order valence-electron chi connectivity index (χ4n) is 2.58. The molecule has 0 saturated carbocycles. The number of benzene rings is 2. The number of nitrogens with one attached hydrogen (secondary N) is 1. The van der Waals surface area contributed by atoms with Crippen molar-refractivity contribution >= 4 is 40.1 Å². The van der Waals surface area contributed by atoms with E-state index in [1.807, 2.05) is 6.92 Å². The number of carbonyl (C=O) groups is 2. The maximum Gasteiger partial charge on any atom is 0.238 e. The van der Waals surface area contributed by atoms with Gasteiger partial charge >= 0.3 is 0 Å². The van der Waals surface area contributed by atoms with Crippen LogP contribution in [0.5, 0.6) is 5.75 Å². The molecule has 2 aromatic rings. The first-order chi connectivity index (χ1) is 13.5. The highest BCUT2D eigenvalue weighted by Crippen LogP contribution is 2.29. The Labute approximate surface area is 166 Å². The van der Waals surface area contributed by atoms with Crippen LogP contribution in [0, 0.1) is 5.82 Å². The first-order valence-electron chi connectivity index (χ1n) is 8.77. The zero-order valence-electron chi connectivity index (χ0n) is 15.5. The van der Waals surface area contributed by atoms with Crippen LogP contribution in [0.1, 0.15) is 13.3 Å². The minimum Gasteiger partial charge on any atom is -0.494 e. The van der Waals surface area contributed by atoms with Gasteiger partial charge in [-0.05, 0) is 49.4 Å². The zero-order valence-corrected chi connectivity index (χ0v) is 16.3. The standard InChI is InChI=1S/C20H20FN3O3S/c1-3-27-16-9-7-14(8-10-16)22-19(26)17-12-18(25)24(2)20(28-17)23-15-6-4-5-13(21)11-15/h4-11,17H,3,12H2,1-2H3,(H,22,26). The van der Waals surface area contributed by atoms with Crippen molar-refractivity contribution in [2.75, 3.05) is 19.0 Å². The van der Waals surface area contributed by atoms with Crippen molar-refractivity contribution in [3.05, 3.63) is 54.3 Å². The van der Waals surface area contributed by atoms with Gasteiger partial charge in [0, 0.05) is 19.2 Å². The molecule has 28 heavy (non-hydrogen) atoms. The normalized spacial score (nSPS) is 18.2. The second kappa shape index (κ2) is 8.88. The largest absolute Gasteiger partial charge is 0.494 e. The number of rotatable bonds is 5. The third-order valence-corrected chi connectivity index (χ3v) is 5.27. The first kappa shape index (κ1) is 19.9. The van der Waals surface area contributed by atoms with Crippen molar-refractivity contribution in [1.29, 1.82) is 0 Å². The van der Waals surface area contributed by atoms with E-state index in [0.717, 1.165) is 0 Å². The van der Waals surface area contributed by atoms with E-state index in [4.69, 9.17) is 4.74 Å². The summed E-state index contributed by atoms with van der Waals surface area (Å²) in [5.41, 5.74) is 0.999. The topological polar surface area (TPSA) is 71.0 Å². The van der Waals surface area contributed by atoms with E-state index in [1.54, 1.807) is 43.4 Å². The Morgan fingerprint density at radius 1 is 1.32 bits per heavy atom. The maximum atomic E-state index is 13.4. The SMILES string of the molecule is CCOc1ccc(NC(=O)C2CC(=O)N(C)C(=Nc3cccc(F)c3)S2)cc1. The molecule has 1 aliphatic heterocycles. The molecule has 1 heterocycles. The summed E-state index contributed by atoms with van der Waals surface area (Å²) in [7, 11) is 1.59. The molecule has 146 valence electrons. The highest BCUT2D eigenvalue weighted by Gasteiger charge is 2.34. The maximum absolute atomic E-state index is 13.4. The van der Waals surface area contributed by atoms with Gasteiger partial charge in [-0.2, -0.15) is 0 Å². The average Bonchev–Trinajstić information content (AvgIpc) is 2.67. The predicted molar refractivity (Wildman–Crippen MR) is 109 cm³/mol. The minimum absolute atomic E-state index is 0.0617. The van der Waals surface area contributed by atoms with E-state index >= 15 is 0 Å². The fraction of sp³-hybridized carbons (Fsp3) is 0.250. The lowest BCUT2D eigenvalue weighted by molar-refractivity contribution is -0.128. The molecule has 1 saturated heterocycles. The Morgan fingerprint density at radius 2 is 2.07 bits per heavy atom. The highest BCUT2D eigenvalue weighted by molar-refractivity contribution is 8.15. The molecule has 1 atom stereocenters. The van der Waals surface area contributed by atoms with Gasteiger partial charge < -0.3 is 10.1 Å². The van der Waals surface area contributed by atoms with Crippen LogP contribution >= 0.6 is 11.8 Å². The van der Waals surface area contributed by atoms with E-state index in [2.05, 4.69) is 10.3 Å². The van der Waals surface area contributed by atoms with E-state index in [9.17, 15) is 14.0 Å². The summed E-state index contributed by atoms with van der Waals surface area (Å²) in [6.07, 6.45) is 0.0617. The molecule has 1 N–H and O–H groups in total. The smallest absolute Gasteiger partial charge is 0.238 e. The lowest BCUT2D eigenvalue weighted by atomic mass is 10.2. The summed E-state index contributed by atoms with van der Waals surface area (Å²) >= 11 is 1.18. The van der Waals surface area contributed by atoms with Crippen LogP contribution < -0.4 is 10.1 Å². The zero-order chi connectivity index (χ0) is 20.1. The van der Waals surface area contributed by atoms with Gasteiger partial charge in [0.25, 0.3) is 0 Å². The number of hydrogen-bond donors (Lipinski definition) is 1. The second-order valence-corrected chi connectivity index (χ2v) is 7.25. The van der Waals surface area contributed by atoms with Crippen molar-refractivity contribution in [2.24, 2.45) is 4.99 Å². The fourth-order valence-corrected chi connectivity index (χ4v) is 3.64. The van der Waals surface area contributed by atoms with Crippen LogP contribution in [0.25, 0.3) is 0 Å². The molecule has 0 aromatic heterocycles. The molecule has 0 aliphatic carbocycles. The van der Waals surface area contributed by atoms with Gasteiger partial charge in [-0.15, -0.1) is 0 Å². The number of halogens is 1. The van der Waals surface area contributed by atoms with Crippen LogP contribution in [0.4, 0.5) is 15.8 Å². The molecule has 6 nitrogen and oxygen atoms in total. The van der Waals surface area contributed by atoms with E-state index in [-0.39, 0.29) is 18.2 Å². The van der Waals surface area contributed by atoms with Gasteiger partial charge in [-0.25, -0.2) is 9.38 Å². The predicted octanol–water partition coefficient (Wildman–Crippen LogP) is 3.81.